The molecule has 2 aromatic rings. The SMILES string of the molecule is COc1cc(C(=O)N/N=C(/C)c2ccc(C)c([N+](=O)[O-])c2)ccc1OC(C)C. The molecular weight excluding hydrogens is 362 g/mol. The number of nitrogens with one attached hydrogen (secondary N) is 1. The number of methoxy groups -OCH3 is 1. The molecule has 0 saturated heterocycles. The number of nitro benzene ring substituents is 1. The van der Waals surface area contributed by atoms with Gasteiger partial charge in [0, 0.05) is 22.8 Å². The van der Waals surface area contributed by atoms with Crippen molar-refractivity contribution in [1.82, 2.24) is 5.43 Å². The van der Waals surface area contributed by atoms with Crippen molar-refractivity contribution in [3.05, 3.63) is 63.2 Å². The third-order valence-electron chi connectivity index (χ3n) is 3.94. The van der Waals surface area contributed by atoms with Crippen LogP contribution < -0.4 is 14.9 Å². The second kappa shape index (κ2) is 8.98. The van der Waals surface area contributed by atoms with Crippen molar-refractivity contribution in [3.8, 4) is 11.5 Å². The number of nitro groups is 1. The largest absolute Gasteiger partial charge is 0.493 e. The lowest BCUT2D eigenvalue weighted by Gasteiger charge is -2.14. The van der Waals surface area contributed by atoms with Crippen molar-refractivity contribution in [2.45, 2.75) is 33.8 Å². The fraction of sp³-hybridized carbons (Fsp3) is 0.300. The molecule has 8 nitrogen and oxygen atoms in total. The molecule has 0 unspecified atom stereocenters. The Morgan fingerprint density at radius 3 is 2.43 bits per heavy atom. The summed E-state index contributed by atoms with van der Waals surface area (Å²) in [6.07, 6.45) is -0.0283. The molecule has 0 aliphatic heterocycles. The minimum atomic E-state index is -0.447. The summed E-state index contributed by atoms with van der Waals surface area (Å²) in [5, 5.41) is 15.1. The highest BCUT2D eigenvalue weighted by molar-refractivity contribution is 6.01. The molecule has 1 amide bonds. The number of carbonyl (C=O) groups excluding carboxylic acids is 1. The van der Waals surface area contributed by atoms with Crippen molar-refractivity contribution < 1.29 is 19.2 Å². The Balaban J connectivity index is 2.18. The van der Waals surface area contributed by atoms with Gasteiger partial charge in [-0.2, -0.15) is 5.10 Å². The number of hydrogen-bond acceptors (Lipinski definition) is 6. The summed E-state index contributed by atoms with van der Waals surface area (Å²) < 4.78 is 10.9. The topological polar surface area (TPSA) is 103 Å². The average molecular weight is 385 g/mol. The van der Waals surface area contributed by atoms with E-state index in [9.17, 15) is 14.9 Å². The zero-order valence-corrected chi connectivity index (χ0v) is 16.5. The van der Waals surface area contributed by atoms with Crippen LogP contribution in [-0.2, 0) is 0 Å². The molecule has 0 aromatic heterocycles. The van der Waals surface area contributed by atoms with Gasteiger partial charge in [-0.3, -0.25) is 14.9 Å². The molecule has 0 radical (unpaired) electrons. The Labute approximate surface area is 163 Å². The van der Waals surface area contributed by atoms with Gasteiger partial charge in [-0.15, -0.1) is 0 Å². The molecule has 0 saturated carbocycles. The Hall–Kier alpha value is -3.42. The lowest BCUT2D eigenvalue weighted by molar-refractivity contribution is -0.385. The average Bonchev–Trinajstić information content (AvgIpc) is 2.65. The molecule has 0 heterocycles. The monoisotopic (exact) mass is 385 g/mol. The van der Waals surface area contributed by atoms with Gasteiger partial charge in [0.05, 0.1) is 23.8 Å². The highest BCUT2D eigenvalue weighted by Crippen LogP contribution is 2.29. The number of amides is 1. The van der Waals surface area contributed by atoms with E-state index in [0.717, 1.165) is 0 Å². The molecular formula is C20H23N3O5. The molecule has 148 valence electrons. The van der Waals surface area contributed by atoms with Gasteiger partial charge in [0.2, 0.25) is 0 Å². The van der Waals surface area contributed by atoms with Gasteiger partial charge in [0.25, 0.3) is 11.6 Å². The van der Waals surface area contributed by atoms with Crippen LogP contribution in [0, 0.1) is 17.0 Å². The predicted octanol–water partition coefficient (Wildman–Crippen LogP) is 3.85. The first-order chi connectivity index (χ1) is 13.2. The summed E-state index contributed by atoms with van der Waals surface area (Å²) in [5.74, 6) is 0.548. The van der Waals surface area contributed by atoms with Crippen LogP contribution >= 0.6 is 0 Å². The van der Waals surface area contributed by atoms with Gasteiger partial charge in [-0.1, -0.05) is 12.1 Å². The van der Waals surface area contributed by atoms with Crippen molar-refractivity contribution in [2.75, 3.05) is 7.11 Å². The van der Waals surface area contributed by atoms with E-state index in [2.05, 4.69) is 10.5 Å². The lowest BCUT2D eigenvalue weighted by atomic mass is 10.1. The van der Waals surface area contributed by atoms with Crippen LogP contribution in [0.4, 0.5) is 5.69 Å². The summed E-state index contributed by atoms with van der Waals surface area (Å²) in [6, 6.07) is 9.63. The zero-order valence-electron chi connectivity index (χ0n) is 16.5. The van der Waals surface area contributed by atoms with Crippen LogP contribution in [0.2, 0.25) is 0 Å². The van der Waals surface area contributed by atoms with Gasteiger partial charge in [-0.25, -0.2) is 5.43 Å². The Morgan fingerprint density at radius 2 is 1.82 bits per heavy atom. The second-order valence-corrected chi connectivity index (χ2v) is 6.43. The van der Waals surface area contributed by atoms with Crippen LogP contribution in [0.1, 0.15) is 42.3 Å². The first-order valence-electron chi connectivity index (χ1n) is 8.67. The maximum absolute atomic E-state index is 12.4. The Kier molecular flexibility index (Phi) is 6.70. The Morgan fingerprint density at radius 1 is 1.14 bits per heavy atom. The van der Waals surface area contributed by atoms with E-state index in [-0.39, 0.29) is 11.8 Å². The molecule has 2 rings (SSSR count). The van der Waals surface area contributed by atoms with Crippen LogP contribution in [0.25, 0.3) is 0 Å². The fourth-order valence-corrected chi connectivity index (χ4v) is 2.45. The van der Waals surface area contributed by atoms with Gasteiger partial charge in [0.15, 0.2) is 11.5 Å². The normalized spacial score (nSPS) is 11.3. The molecule has 0 spiro atoms. The third kappa shape index (κ3) is 5.06. The summed E-state index contributed by atoms with van der Waals surface area (Å²) in [6.45, 7) is 7.12. The molecule has 28 heavy (non-hydrogen) atoms. The minimum Gasteiger partial charge on any atom is -0.493 e. The molecule has 0 aliphatic carbocycles. The number of hydrazone groups is 1. The predicted molar refractivity (Wildman–Crippen MR) is 106 cm³/mol. The molecule has 0 fully saturated rings. The van der Waals surface area contributed by atoms with Crippen molar-refractivity contribution in [3.63, 3.8) is 0 Å². The lowest BCUT2D eigenvalue weighted by Crippen LogP contribution is -2.19. The standard InChI is InChI=1S/C20H23N3O5/c1-12(2)28-18-9-8-16(11-19(18)27-5)20(24)22-21-14(4)15-7-6-13(3)17(10-15)23(25)26/h6-12H,1-5H3,(H,22,24)/b21-14-. The molecule has 1 N–H and O–H groups in total. The van der Waals surface area contributed by atoms with Crippen molar-refractivity contribution in [2.24, 2.45) is 5.10 Å². The zero-order chi connectivity index (χ0) is 20.8. The van der Waals surface area contributed by atoms with Gasteiger partial charge in [0.1, 0.15) is 0 Å². The molecule has 0 atom stereocenters. The first-order valence-corrected chi connectivity index (χ1v) is 8.67. The molecule has 0 aliphatic rings. The van der Waals surface area contributed by atoms with Crippen molar-refractivity contribution >= 4 is 17.3 Å². The maximum atomic E-state index is 12.4. The van der Waals surface area contributed by atoms with E-state index >= 15 is 0 Å². The summed E-state index contributed by atoms with van der Waals surface area (Å²) in [7, 11) is 1.50. The van der Waals surface area contributed by atoms with Crippen LogP contribution in [0.3, 0.4) is 0 Å². The molecule has 8 heteroatoms. The molecule has 0 bridgehead atoms. The number of ether oxygens (including phenoxy) is 2. The number of nitrogens with zero attached hydrogens (tertiary/aromatic N) is 2. The summed E-state index contributed by atoms with van der Waals surface area (Å²) >= 11 is 0. The van der Waals surface area contributed by atoms with Crippen LogP contribution in [-0.4, -0.2) is 29.8 Å². The number of rotatable bonds is 7. The Bertz CT molecular complexity index is 922. The van der Waals surface area contributed by atoms with Gasteiger partial charge < -0.3 is 9.47 Å². The maximum Gasteiger partial charge on any atom is 0.272 e. The number of carbonyl (C=O) groups is 1. The van der Waals surface area contributed by atoms with Gasteiger partial charge >= 0.3 is 0 Å². The van der Waals surface area contributed by atoms with E-state index in [1.54, 1.807) is 44.2 Å². The number of benzene rings is 2. The highest BCUT2D eigenvalue weighted by Gasteiger charge is 2.14. The minimum absolute atomic E-state index is 0.00357. The van der Waals surface area contributed by atoms with E-state index in [4.69, 9.17) is 9.47 Å². The highest BCUT2D eigenvalue weighted by atomic mass is 16.6. The van der Waals surface area contributed by atoms with E-state index in [1.165, 1.54) is 13.2 Å². The van der Waals surface area contributed by atoms with Crippen LogP contribution in [0.5, 0.6) is 11.5 Å². The van der Waals surface area contributed by atoms with E-state index in [1.807, 2.05) is 13.8 Å². The van der Waals surface area contributed by atoms with E-state index < -0.39 is 10.8 Å². The van der Waals surface area contributed by atoms with Gasteiger partial charge in [-0.05, 0) is 45.9 Å². The molecule has 2 aromatic carbocycles. The fourth-order valence-electron chi connectivity index (χ4n) is 2.45. The summed E-state index contributed by atoms with van der Waals surface area (Å²) in [5.41, 5.74) is 4.36. The third-order valence-corrected chi connectivity index (χ3v) is 3.94. The summed E-state index contributed by atoms with van der Waals surface area (Å²) in [4.78, 5) is 23.0. The van der Waals surface area contributed by atoms with E-state index in [0.29, 0.717) is 33.9 Å². The van der Waals surface area contributed by atoms with Crippen molar-refractivity contribution in [1.29, 1.82) is 0 Å². The smallest absolute Gasteiger partial charge is 0.272 e. The number of hydrogen-bond donors (Lipinski definition) is 1. The first kappa shape index (κ1) is 20.9. The number of aryl methyl sites for hydroxylation is 1. The van der Waals surface area contributed by atoms with Crippen LogP contribution in [0.15, 0.2) is 41.5 Å². The quantitative estimate of drug-likeness (QED) is 0.443. The second-order valence-electron chi connectivity index (χ2n) is 6.43.